The summed E-state index contributed by atoms with van der Waals surface area (Å²) < 4.78 is 0. The minimum absolute atomic E-state index is 0.352. The molecular weight excluding hydrogens is 224 g/mol. The second-order valence-corrected chi connectivity index (χ2v) is 6.55. The molecule has 3 nitrogen and oxygen atoms in total. The number of rotatable bonds is 5. The molecule has 1 saturated heterocycles. The van der Waals surface area contributed by atoms with E-state index in [0.29, 0.717) is 12.6 Å². The quantitative estimate of drug-likeness (QED) is 0.807. The SMILES string of the molecule is OCC[C@@H]1CN(CC2CC2)CCN1C1CCCC1. The van der Waals surface area contributed by atoms with E-state index in [1.54, 1.807) is 0 Å². The van der Waals surface area contributed by atoms with Crippen molar-refractivity contribution in [1.29, 1.82) is 0 Å². The van der Waals surface area contributed by atoms with E-state index < -0.39 is 0 Å². The third kappa shape index (κ3) is 3.06. The topological polar surface area (TPSA) is 26.7 Å². The second kappa shape index (κ2) is 5.89. The van der Waals surface area contributed by atoms with E-state index >= 15 is 0 Å². The fourth-order valence-electron chi connectivity index (χ4n) is 3.89. The molecule has 18 heavy (non-hydrogen) atoms. The average molecular weight is 252 g/mol. The van der Waals surface area contributed by atoms with Crippen molar-refractivity contribution in [3.05, 3.63) is 0 Å². The van der Waals surface area contributed by atoms with E-state index in [2.05, 4.69) is 9.80 Å². The standard InChI is InChI=1S/C15H28N2O/c18-10-7-15-12-16(11-13-5-6-13)8-9-17(15)14-3-1-2-4-14/h13-15,18H,1-12H2/t15-/m1/s1. The Bertz CT molecular complexity index is 261. The van der Waals surface area contributed by atoms with E-state index in [-0.39, 0.29) is 0 Å². The van der Waals surface area contributed by atoms with Crippen molar-refractivity contribution in [3.63, 3.8) is 0 Å². The minimum Gasteiger partial charge on any atom is -0.396 e. The van der Waals surface area contributed by atoms with Crippen LogP contribution in [0.15, 0.2) is 0 Å². The molecule has 0 unspecified atom stereocenters. The molecule has 104 valence electrons. The first kappa shape index (κ1) is 12.9. The van der Waals surface area contributed by atoms with Gasteiger partial charge in [-0.1, -0.05) is 12.8 Å². The Balaban J connectivity index is 1.56. The van der Waals surface area contributed by atoms with Crippen LogP contribution in [-0.2, 0) is 0 Å². The molecule has 0 amide bonds. The van der Waals surface area contributed by atoms with Gasteiger partial charge in [-0.3, -0.25) is 4.90 Å². The first-order valence-corrected chi connectivity index (χ1v) is 7.96. The first-order chi connectivity index (χ1) is 8.86. The van der Waals surface area contributed by atoms with Crippen LogP contribution in [0.25, 0.3) is 0 Å². The van der Waals surface area contributed by atoms with Crippen LogP contribution in [0.3, 0.4) is 0 Å². The summed E-state index contributed by atoms with van der Waals surface area (Å²) in [6.45, 7) is 5.37. The summed E-state index contributed by atoms with van der Waals surface area (Å²) in [5, 5.41) is 9.31. The highest BCUT2D eigenvalue weighted by atomic mass is 16.3. The van der Waals surface area contributed by atoms with Crippen LogP contribution in [0.2, 0.25) is 0 Å². The van der Waals surface area contributed by atoms with Crippen LogP contribution in [0.4, 0.5) is 0 Å². The molecule has 2 saturated carbocycles. The van der Waals surface area contributed by atoms with Crippen molar-refractivity contribution in [2.75, 3.05) is 32.8 Å². The summed E-state index contributed by atoms with van der Waals surface area (Å²) in [4.78, 5) is 5.38. The smallest absolute Gasteiger partial charge is 0.0446 e. The highest BCUT2D eigenvalue weighted by Crippen LogP contribution is 2.32. The van der Waals surface area contributed by atoms with Crippen molar-refractivity contribution in [2.24, 2.45) is 5.92 Å². The Kier molecular flexibility index (Phi) is 4.22. The van der Waals surface area contributed by atoms with Gasteiger partial charge in [-0.25, -0.2) is 0 Å². The number of aliphatic hydroxyl groups excluding tert-OH is 1. The van der Waals surface area contributed by atoms with Gasteiger partial charge in [-0.15, -0.1) is 0 Å². The van der Waals surface area contributed by atoms with Gasteiger partial charge in [0.15, 0.2) is 0 Å². The van der Waals surface area contributed by atoms with Crippen molar-refractivity contribution < 1.29 is 5.11 Å². The Morgan fingerprint density at radius 3 is 2.44 bits per heavy atom. The van der Waals surface area contributed by atoms with Crippen molar-refractivity contribution >= 4 is 0 Å². The zero-order chi connectivity index (χ0) is 12.4. The number of hydrogen-bond acceptors (Lipinski definition) is 3. The predicted octanol–water partition coefficient (Wildman–Crippen LogP) is 1.71. The summed E-state index contributed by atoms with van der Waals surface area (Å²) in [5.74, 6) is 0.998. The normalized spacial score (nSPS) is 32.2. The maximum absolute atomic E-state index is 9.31. The highest BCUT2D eigenvalue weighted by Gasteiger charge is 2.34. The maximum atomic E-state index is 9.31. The molecule has 0 aromatic heterocycles. The molecule has 1 aliphatic heterocycles. The second-order valence-electron chi connectivity index (χ2n) is 6.55. The van der Waals surface area contributed by atoms with Crippen LogP contribution < -0.4 is 0 Å². The molecular formula is C15H28N2O. The van der Waals surface area contributed by atoms with E-state index in [1.165, 1.54) is 64.7 Å². The molecule has 0 aromatic carbocycles. The van der Waals surface area contributed by atoms with Crippen LogP contribution in [0.5, 0.6) is 0 Å². The van der Waals surface area contributed by atoms with Crippen molar-refractivity contribution in [2.45, 2.75) is 57.0 Å². The monoisotopic (exact) mass is 252 g/mol. The fraction of sp³-hybridized carbons (Fsp3) is 1.00. The fourth-order valence-corrected chi connectivity index (χ4v) is 3.89. The van der Waals surface area contributed by atoms with E-state index in [9.17, 15) is 5.11 Å². The third-order valence-corrected chi connectivity index (χ3v) is 5.08. The molecule has 1 N–H and O–H groups in total. The molecule has 3 aliphatic rings. The summed E-state index contributed by atoms with van der Waals surface area (Å²) >= 11 is 0. The molecule has 2 aliphatic carbocycles. The highest BCUT2D eigenvalue weighted by molar-refractivity contribution is 4.90. The summed E-state index contributed by atoms with van der Waals surface area (Å²) in [6, 6.07) is 1.44. The van der Waals surface area contributed by atoms with Gasteiger partial charge in [-0.2, -0.15) is 0 Å². The number of piperazine rings is 1. The van der Waals surface area contributed by atoms with Gasteiger partial charge in [0.1, 0.15) is 0 Å². The Hall–Kier alpha value is -0.120. The summed E-state index contributed by atoms with van der Waals surface area (Å²) in [7, 11) is 0. The molecule has 3 heteroatoms. The van der Waals surface area contributed by atoms with Crippen molar-refractivity contribution in [1.82, 2.24) is 9.80 Å². The van der Waals surface area contributed by atoms with Crippen LogP contribution >= 0.6 is 0 Å². The van der Waals surface area contributed by atoms with Gasteiger partial charge < -0.3 is 10.0 Å². The Labute approximate surface area is 111 Å². The van der Waals surface area contributed by atoms with Gasteiger partial charge >= 0.3 is 0 Å². The third-order valence-electron chi connectivity index (χ3n) is 5.08. The summed E-state index contributed by atoms with van der Waals surface area (Å²) in [6.07, 6.45) is 9.49. The first-order valence-electron chi connectivity index (χ1n) is 7.96. The number of nitrogens with zero attached hydrogens (tertiary/aromatic N) is 2. The molecule has 0 spiro atoms. The molecule has 1 heterocycles. The molecule has 0 radical (unpaired) electrons. The van der Waals surface area contributed by atoms with Gasteiger partial charge in [0.05, 0.1) is 0 Å². The van der Waals surface area contributed by atoms with Crippen LogP contribution in [0.1, 0.15) is 44.9 Å². The lowest BCUT2D eigenvalue weighted by molar-refractivity contribution is 0.0282. The van der Waals surface area contributed by atoms with Gasteiger partial charge in [0, 0.05) is 44.9 Å². The largest absolute Gasteiger partial charge is 0.396 e. The molecule has 0 bridgehead atoms. The number of hydrogen-bond donors (Lipinski definition) is 1. The lowest BCUT2D eigenvalue weighted by Gasteiger charge is -2.44. The van der Waals surface area contributed by atoms with E-state index in [4.69, 9.17) is 0 Å². The van der Waals surface area contributed by atoms with Gasteiger partial charge in [0.25, 0.3) is 0 Å². The molecule has 0 aromatic rings. The Morgan fingerprint density at radius 2 is 1.78 bits per heavy atom. The van der Waals surface area contributed by atoms with E-state index in [0.717, 1.165) is 18.4 Å². The summed E-state index contributed by atoms with van der Waals surface area (Å²) in [5.41, 5.74) is 0. The van der Waals surface area contributed by atoms with Gasteiger partial charge in [-0.05, 0) is 38.0 Å². The maximum Gasteiger partial charge on any atom is 0.0446 e. The lowest BCUT2D eigenvalue weighted by atomic mass is 10.0. The van der Waals surface area contributed by atoms with Crippen LogP contribution in [0, 0.1) is 5.92 Å². The minimum atomic E-state index is 0.352. The predicted molar refractivity (Wildman–Crippen MR) is 73.6 cm³/mol. The zero-order valence-electron chi connectivity index (χ0n) is 11.6. The average Bonchev–Trinajstić information content (AvgIpc) is 3.02. The Morgan fingerprint density at radius 1 is 1.00 bits per heavy atom. The van der Waals surface area contributed by atoms with E-state index in [1.807, 2.05) is 0 Å². The molecule has 1 atom stereocenters. The zero-order valence-corrected chi connectivity index (χ0v) is 11.6. The number of aliphatic hydroxyl groups is 1. The molecule has 3 rings (SSSR count). The lowest BCUT2D eigenvalue weighted by Crippen LogP contribution is -2.56. The van der Waals surface area contributed by atoms with Crippen molar-refractivity contribution in [3.8, 4) is 0 Å². The van der Waals surface area contributed by atoms with Crippen LogP contribution in [-0.4, -0.2) is 59.8 Å². The molecule has 3 fully saturated rings. The van der Waals surface area contributed by atoms with Gasteiger partial charge in [0.2, 0.25) is 0 Å².